The zero-order chi connectivity index (χ0) is 18.6. The normalized spacial score (nSPS) is 22.6. The molecule has 6 nitrogen and oxygen atoms in total. The molecule has 0 radical (unpaired) electrons. The Morgan fingerprint density at radius 2 is 2.04 bits per heavy atom. The zero-order valence-electron chi connectivity index (χ0n) is 16.2. The molecule has 2 heterocycles. The number of rotatable bonds is 5. The molecule has 2 aliphatic rings. The molecule has 26 heavy (non-hydrogen) atoms. The van der Waals surface area contributed by atoms with Crippen LogP contribution in [-0.4, -0.2) is 55.9 Å². The topological polar surface area (TPSA) is 72.1 Å². The summed E-state index contributed by atoms with van der Waals surface area (Å²) in [5.74, 6) is 1.44. The second-order valence-electron chi connectivity index (χ2n) is 7.81. The number of benzene rings is 1. The molecule has 1 fully saturated rings. The summed E-state index contributed by atoms with van der Waals surface area (Å²) in [7, 11) is 1.80. The predicted octanol–water partition coefficient (Wildman–Crippen LogP) is 2.30. The lowest BCUT2D eigenvalue weighted by atomic mass is 9.97. The highest BCUT2D eigenvalue weighted by molar-refractivity contribution is 5.78. The number of para-hydroxylation sites is 1. The second-order valence-corrected chi connectivity index (χ2v) is 7.81. The van der Waals surface area contributed by atoms with Crippen molar-refractivity contribution < 1.29 is 9.47 Å². The molecule has 0 saturated carbocycles. The van der Waals surface area contributed by atoms with E-state index in [0.717, 1.165) is 43.7 Å². The number of nitrogens with zero attached hydrogens (tertiary/aromatic N) is 2. The van der Waals surface area contributed by atoms with Crippen LogP contribution in [0.4, 0.5) is 0 Å². The van der Waals surface area contributed by atoms with Crippen LogP contribution >= 0.6 is 0 Å². The summed E-state index contributed by atoms with van der Waals surface area (Å²) in [6.45, 7) is 7.93. The maximum Gasteiger partial charge on any atom is 0.189 e. The lowest BCUT2D eigenvalue weighted by Gasteiger charge is -2.42. The van der Waals surface area contributed by atoms with E-state index in [0.29, 0.717) is 25.2 Å². The Labute approximate surface area is 156 Å². The minimum atomic E-state index is -0.0153. The smallest absolute Gasteiger partial charge is 0.189 e. The van der Waals surface area contributed by atoms with Crippen molar-refractivity contribution in [2.75, 3.05) is 33.4 Å². The van der Waals surface area contributed by atoms with Crippen molar-refractivity contribution >= 4 is 5.96 Å². The first kappa shape index (κ1) is 19.0. The molecule has 1 atom stereocenters. The van der Waals surface area contributed by atoms with Gasteiger partial charge < -0.3 is 20.5 Å². The van der Waals surface area contributed by atoms with Crippen LogP contribution in [0.5, 0.6) is 5.75 Å². The van der Waals surface area contributed by atoms with Crippen molar-refractivity contribution in [3.8, 4) is 5.75 Å². The van der Waals surface area contributed by atoms with Crippen LogP contribution in [0.3, 0.4) is 0 Å². The number of hydrogen-bond donors (Lipinski definition) is 2. The molecule has 0 aromatic heterocycles. The van der Waals surface area contributed by atoms with E-state index in [1.165, 1.54) is 0 Å². The summed E-state index contributed by atoms with van der Waals surface area (Å²) in [6, 6.07) is 8.27. The Morgan fingerprint density at radius 1 is 1.31 bits per heavy atom. The van der Waals surface area contributed by atoms with Gasteiger partial charge in [0.15, 0.2) is 5.96 Å². The van der Waals surface area contributed by atoms with Gasteiger partial charge in [-0.25, -0.2) is 0 Å². The second kappa shape index (κ2) is 8.27. The van der Waals surface area contributed by atoms with Crippen LogP contribution in [-0.2, 0) is 4.74 Å². The first-order valence-corrected chi connectivity index (χ1v) is 9.55. The summed E-state index contributed by atoms with van der Waals surface area (Å²) in [6.07, 6.45) is 3.44. The van der Waals surface area contributed by atoms with Gasteiger partial charge in [0.05, 0.1) is 25.3 Å². The fourth-order valence-corrected chi connectivity index (χ4v) is 3.79. The number of fused-ring (bicyclic) bond motifs is 1. The van der Waals surface area contributed by atoms with Crippen molar-refractivity contribution in [3.63, 3.8) is 0 Å². The zero-order valence-corrected chi connectivity index (χ0v) is 16.2. The van der Waals surface area contributed by atoms with E-state index in [-0.39, 0.29) is 11.6 Å². The van der Waals surface area contributed by atoms with Crippen LogP contribution in [0.1, 0.15) is 44.7 Å². The Balaban J connectivity index is 1.57. The Hall–Kier alpha value is -1.79. The number of ether oxygens (including phenoxy) is 2. The molecule has 2 aliphatic heterocycles. The molecule has 6 heteroatoms. The minimum absolute atomic E-state index is 0.0153. The van der Waals surface area contributed by atoms with Gasteiger partial charge in [-0.05, 0) is 32.8 Å². The van der Waals surface area contributed by atoms with Crippen LogP contribution in [0.25, 0.3) is 0 Å². The SMILES string of the molecule is COC1CCN(C(C)(C)CN=C(N)NC2CCOc3ccccc32)CC1. The molecule has 1 aromatic rings. The van der Waals surface area contributed by atoms with Crippen molar-refractivity contribution in [2.45, 2.75) is 50.8 Å². The molecule has 3 N–H and O–H groups in total. The summed E-state index contributed by atoms with van der Waals surface area (Å²) < 4.78 is 11.2. The number of nitrogens with two attached hydrogens (primary N) is 1. The predicted molar refractivity (Wildman–Crippen MR) is 105 cm³/mol. The summed E-state index contributed by atoms with van der Waals surface area (Å²) >= 11 is 0. The standard InChI is InChI=1S/C20H32N4O2/c1-20(2,24-11-8-15(25-3)9-12-24)14-22-19(21)23-17-10-13-26-18-7-5-4-6-16(17)18/h4-7,15,17H,8-14H2,1-3H3,(H3,21,22,23). The van der Waals surface area contributed by atoms with Crippen molar-refractivity contribution in [2.24, 2.45) is 10.7 Å². The molecule has 0 aliphatic carbocycles. The van der Waals surface area contributed by atoms with Gasteiger partial charge in [0, 0.05) is 37.7 Å². The molecule has 1 unspecified atom stereocenters. The average molecular weight is 361 g/mol. The molecule has 0 bridgehead atoms. The van der Waals surface area contributed by atoms with Gasteiger partial charge in [-0.2, -0.15) is 0 Å². The van der Waals surface area contributed by atoms with E-state index < -0.39 is 0 Å². The molecular weight excluding hydrogens is 328 g/mol. The minimum Gasteiger partial charge on any atom is -0.493 e. The third-order valence-corrected chi connectivity index (χ3v) is 5.55. The lowest BCUT2D eigenvalue weighted by molar-refractivity contribution is 0.00909. The maximum atomic E-state index is 6.20. The molecule has 1 aromatic carbocycles. The Bertz CT molecular complexity index is 624. The van der Waals surface area contributed by atoms with Gasteiger partial charge in [-0.1, -0.05) is 18.2 Å². The number of hydrogen-bond acceptors (Lipinski definition) is 4. The molecule has 0 spiro atoms. The third-order valence-electron chi connectivity index (χ3n) is 5.55. The summed E-state index contributed by atoms with van der Waals surface area (Å²) in [4.78, 5) is 7.14. The van der Waals surface area contributed by atoms with E-state index in [1.807, 2.05) is 18.2 Å². The number of likely N-dealkylation sites (tertiary alicyclic amines) is 1. The third kappa shape index (κ3) is 4.48. The van der Waals surface area contributed by atoms with Crippen molar-refractivity contribution in [1.82, 2.24) is 10.2 Å². The first-order chi connectivity index (χ1) is 12.5. The number of methoxy groups -OCH3 is 1. The lowest BCUT2D eigenvalue weighted by Crippen LogP contribution is -2.51. The van der Waals surface area contributed by atoms with E-state index in [2.05, 4.69) is 35.1 Å². The molecule has 0 amide bonds. The highest BCUT2D eigenvalue weighted by Crippen LogP contribution is 2.31. The number of guanidine groups is 1. The Kier molecular flexibility index (Phi) is 6.04. The van der Waals surface area contributed by atoms with Gasteiger partial charge in [0.1, 0.15) is 5.75 Å². The molecular formula is C20H32N4O2. The van der Waals surface area contributed by atoms with E-state index in [4.69, 9.17) is 15.2 Å². The van der Waals surface area contributed by atoms with Gasteiger partial charge in [-0.15, -0.1) is 0 Å². The molecule has 3 rings (SSSR count). The molecule has 1 saturated heterocycles. The highest BCUT2D eigenvalue weighted by Gasteiger charge is 2.30. The van der Waals surface area contributed by atoms with Gasteiger partial charge in [0.25, 0.3) is 0 Å². The number of nitrogens with one attached hydrogen (secondary N) is 1. The van der Waals surface area contributed by atoms with Crippen molar-refractivity contribution in [3.05, 3.63) is 29.8 Å². The van der Waals surface area contributed by atoms with E-state index in [9.17, 15) is 0 Å². The fraction of sp³-hybridized carbons (Fsp3) is 0.650. The largest absolute Gasteiger partial charge is 0.493 e. The number of piperidine rings is 1. The fourth-order valence-electron chi connectivity index (χ4n) is 3.79. The van der Waals surface area contributed by atoms with E-state index in [1.54, 1.807) is 7.11 Å². The average Bonchev–Trinajstić information content (AvgIpc) is 2.67. The maximum absolute atomic E-state index is 6.20. The highest BCUT2D eigenvalue weighted by atomic mass is 16.5. The van der Waals surface area contributed by atoms with Crippen LogP contribution in [0.15, 0.2) is 29.3 Å². The van der Waals surface area contributed by atoms with E-state index >= 15 is 0 Å². The Morgan fingerprint density at radius 3 is 2.77 bits per heavy atom. The summed E-state index contributed by atoms with van der Waals surface area (Å²) in [5.41, 5.74) is 7.34. The van der Waals surface area contributed by atoms with Crippen LogP contribution in [0, 0.1) is 0 Å². The van der Waals surface area contributed by atoms with Crippen molar-refractivity contribution in [1.29, 1.82) is 0 Å². The van der Waals surface area contributed by atoms with Crippen LogP contribution < -0.4 is 15.8 Å². The van der Waals surface area contributed by atoms with Gasteiger partial charge in [-0.3, -0.25) is 9.89 Å². The van der Waals surface area contributed by atoms with Crippen LogP contribution in [0.2, 0.25) is 0 Å². The summed E-state index contributed by atoms with van der Waals surface area (Å²) in [5, 5.41) is 3.38. The van der Waals surface area contributed by atoms with Gasteiger partial charge >= 0.3 is 0 Å². The first-order valence-electron chi connectivity index (χ1n) is 9.55. The van der Waals surface area contributed by atoms with Gasteiger partial charge in [0.2, 0.25) is 0 Å². The quantitative estimate of drug-likeness (QED) is 0.623. The molecule has 144 valence electrons. The monoisotopic (exact) mass is 360 g/mol. The number of aliphatic imine (C=N–C) groups is 1.